The third-order valence-electron chi connectivity index (χ3n) is 5.03. The van der Waals surface area contributed by atoms with Crippen LogP contribution in [0.3, 0.4) is 0 Å². The molecule has 2 aromatic rings. The summed E-state index contributed by atoms with van der Waals surface area (Å²) < 4.78 is 5.43. The number of nitrogens with two attached hydrogens (primary N) is 1. The molecule has 1 aliphatic heterocycles. The second kappa shape index (κ2) is 7.74. The summed E-state index contributed by atoms with van der Waals surface area (Å²) in [7, 11) is 0. The molecule has 1 aliphatic rings. The van der Waals surface area contributed by atoms with Gasteiger partial charge in [-0.15, -0.1) is 0 Å². The van der Waals surface area contributed by atoms with Crippen LogP contribution in [0.1, 0.15) is 44.9 Å². The predicted octanol–water partition coefficient (Wildman–Crippen LogP) is 2.21. The standard InChI is InChI=1S/C18H25N5O2/c1-3-12(2)15(19)18(24)23-10-7-13(8-11-23)17-21-16(22-25-17)14-6-4-5-9-20-14/h4-6,9,12-13,15H,3,7-8,10-11,19H2,1-2H3. The van der Waals surface area contributed by atoms with Gasteiger partial charge >= 0.3 is 0 Å². The van der Waals surface area contributed by atoms with Crippen LogP contribution in [0.25, 0.3) is 11.5 Å². The summed E-state index contributed by atoms with van der Waals surface area (Å²) >= 11 is 0. The summed E-state index contributed by atoms with van der Waals surface area (Å²) in [6.45, 7) is 5.43. The number of piperidine rings is 1. The number of aromatic nitrogens is 3. The molecule has 0 spiro atoms. The minimum absolute atomic E-state index is 0.0486. The van der Waals surface area contributed by atoms with Gasteiger partial charge in [0.15, 0.2) is 0 Å². The van der Waals surface area contributed by atoms with E-state index < -0.39 is 6.04 Å². The largest absolute Gasteiger partial charge is 0.341 e. The maximum atomic E-state index is 12.5. The van der Waals surface area contributed by atoms with Crippen LogP contribution in [0.15, 0.2) is 28.9 Å². The molecule has 134 valence electrons. The Balaban J connectivity index is 1.60. The molecule has 1 saturated heterocycles. The van der Waals surface area contributed by atoms with Gasteiger partial charge in [-0.3, -0.25) is 9.78 Å². The first-order chi connectivity index (χ1) is 12.1. The normalized spacial score (nSPS) is 18.1. The van der Waals surface area contributed by atoms with Crippen molar-refractivity contribution in [2.24, 2.45) is 11.7 Å². The van der Waals surface area contributed by atoms with Gasteiger partial charge in [0, 0.05) is 25.2 Å². The summed E-state index contributed by atoms with van der Waals surface area (Å²) in [5.74, 6) is 1.55. The molecule has 2 N–H and O–H groups in total. The van der Waals surface area contributed by atoms with Gasteiger partial charge in [0.1, 0.15) is 5.69 Å². The fraction of sp³-hybridized carbons (Fsp3) is 0.556. The van der Waals surface area contributed by atoms with Crippen molar-refractivity contribution in [3.8, 4) is 11.5 Å². The zero-order valence-electron chi connectivity index (χ0n) is 14.8. The van der Waals surface area contributed by atoms with Crippen molar-refractivity contribution in [2.45, 2.75) is 45.1 Å². The Hall–Kier alpha value is -2.28. The van der Waals surface area contributed by atoms with Crippen molar-refractivity contribution < 1.29 is 9.32 Å². The molecule has 2 aromatic heterocycles. The Bertz CT molecular complexity index is 695. The summed E-state index contributed by atoms with van der Waals surface area (Å²) in [4.78, 5) is 23.1. The zero-order valence-corrected chi connectivity index (χ0v) is 14.8. The van der Waals surface area contributed by atoms with Crippen LogP contribution < -0.4 is 5.73 Å². The van der Waals surface area contributed by atoms with Gasteiger partial charge in [-0.2, -0.15) is 4.98 Å². The minimum Gasteiger partial charge on any atom is -0.341 e. The van der Waals surface area contributed by atoms with E-state index >= 15 is 0 Å². The molecule has 1 fully saturated rings. The lowest BCUT2D eigenvalue weighted by molar-refractivity contribution is -0.134. The quantitative estimate of drug-likeness (QED) is 0.894. The van der Waals surface area contributed by atoms with Crippen LogP contribution in [0.4, 0.5) is 0 Å². The predicted molar refractivity (Wildman–Crippen MR) is 93.5 cm³/mol. The van der Waals surface area contributed by atoms with Crippen LogP contribution in [0, 0.1) is 5.92 Å². The van der Waals surface area contributed by atoms with Crippen molar-refractivity contribution in [3.63, 3.8) is 0 Å². The summed E-state index contributed by atoms with van der Waals surface area (Å²) in [6, 6.07) is 5.18. The van der Waals surface area contributed by atoms with E-state index in [1.165, 1.54) is 0 Å². The van der Waals surface area contributed by atoms with Crippen LogP contribution in [-0.2, 0) is 4.79 Å². The molecule has 0 aromatic carbocycles. The average Bonchev–Trinajstić information content (AvgIpc) is 3.17. The van der Waals surface area contributed by atoms with Crippen molar-refractivity contribution >= 4 is 5.91 Å². The smallest absolute Gasteiger partial charge is 0.239 e. The minimum atomic E-state index is -0.416. The summed E-state index contributed by atoms with van der Waals surface area (Å²) in [5.41, 5.74) is 6.78. The van der Waals surface area contributed by atoms with Crippen LogP contribution in [-0.4, -0.2) is 45.1 Å². The van der Waals surface area contributed by atoms with E-state index in [0.717, 1.165) is 19.3 Å². The number of hydrogen-bond acceptors (Lipinski definition) is 6. The molecule has 7 heteroatoms. The Morgan fingerprint density at radius 1 is 1.40 bits per heavy atom. The van der Waals surface area contributed by atoms with Gasteiger partial charge in [-0.1, -0.05) is 31.5 Å². The van der Waals surface area contributed by atoms with E-state index in [1.54, 1.807) is 6.20 Å². The molecule has 0 radical (unpaired) electrons. The van der Waals surface area contributed by atoms with Gasteiger partial charge in [-0.25, -0.2) is 0 Å². The molecular formula is C18H25N5O2. The van der Waals surface area contributed by atoms with Crippen LogP contribution in [0.2, 0.25) is 0 Å². The number of amides is 1. The van der Waals surface area contributed by atoms with Crippen molar-refractivity contribution in [3.05, 3.63) is 30.3 Å². The fourth-order valence-electron chi connectivity index (χ4n) is 3.06. The molecule has 0 saturated carbocycles. The van der Waals surface area contributed by atoms with E-state index in [0.29, 0.717) is 30.5 Å². The SMILES string of the molecule is CCC(C)C(N)C(=O)N1CCC(c2nc(-c3ccccn3)no2)CC1. The summed E-state index contributed by atoms with van der Waals surface area (Å²) in [6.07, 6.45) is 4.23. The molecule has 0 aliphatic carbocycles. The first-order valence-electron chi connectivity index (χ1n) is 8.89. The lowest BCUT2D eigenvalue weighted by Crippen LogP contribution is -2.49. The Labute approximate surface area is 147 Å². The van der Waals surface area contributed by atoms with E-state index in [1.807, 2.05) is 30.0 Å². The lowest BCUT2D eigenvalue weighted by atomic mass is 9.94. The average molecular weight is 343 g/mol. The number of hydrogen-bond donors (Lipinski definition) is 1. The highest BCUT2D eigenvalue weighted by Crippen LogP contribution is 2.28. The number of pyridine rings is 1. The second-order valence-corrected chi connectivity index (χ2v) is 6.68. The summed E-state index contributed by atoms with van der Waals surface area (Å²) in [5, 5.41) is 4.03. The number of rotatable bonds is 5. The van der Waals surface area contributed by atoms with E-state index in [-0.39, 0.29) is 17.7 Å². The van der Waals surface area contributed by atoms with Crippen molar-refractivity contribution in [2.75, 3.05) is 13.1 Å². The molecule has 7 nitrogen and oxygen atoms in total. The van der Waals surface area contributed by atoms with Gasteiger partial charge in [0.25, 0.3) is 0 Å². The van der Waals surface area contributed by atoms with Gasteiger partial charge in [0.2, 0.25) is 17.6 Å². The monoisotopic (exact) mass is 343 g/mol. The van der Waals surface area contributed by atoms with E-state index in [4.69, 9.17) is 10.3 Å². The van der Waals surface area contributed by atoms with Gasteiger partial charge < -0.3 is 15.2 Å². The van der Waals surface area contributed by atoms with E-state index in [9.17, 15) is 4.79 Å². The lowest BCUT2D eigenvalue weighted by Gasteiger charge is -2.33. The second-order valence-electron chi connectivity index (χ2n) is 6.68. The van der Waals surface area contributed by atoms with Gasteiger partial charge in [0.05, 0.1) is 6.04 Å². The number of carbonyl (C=O) groups is 1. The highest BCUT2D eigenvalue weighted by Gasteiger charge is 2.31. The van der Waals surface area contributed by atoms with Gasteiger partial charge in [-0.05, 0) is 30.9 Å². The molecule has 1 amide bonds. The number of carbonyl (C=O) groups excluding carboxylic acids is 1. The van der Waals surface area contributed by atoms with E-state index in [2.05, 4.69) is 22.0 Å². The van der Waals surface area contributed by atoms with Crippen LogP contribution >= 0.6 is 0 Å². The van der Waals surface area contributed by atoms with Crippen LogP contribution in [0.5, 0.6) is 0 Å². The Morgan fingerprint density at radius 2 is 2.16 bits per heavy atom. The maximum Gasteiger partial charge on any atom is 0.239 e. The molecule has 2 atom stereocenters. The molecule has 25 heavy (non-hydrogen) atoms. The Morgan fingerprint density at radius 3 is 2.80 bits per heavy atom. The topological polar surface area (TPSA) is 98.1 Å². The first kappa shape index (κ1) is 17.5. The molecular weight excluding hydrogens is 318 g/mol. The molecule has 0 bridgehead atoms. The number of likely N-dealkylation sites (tertiary alicyclic amines) is 1. The third kappa shape index (κ3) is 3.87. The fourth-order valence-corrected chi connectivity index (χ4v) is 3.06. The maximum absolute atomic E-state index is 12.5. The Kier molecular flexibility index (Phi) is 5.43. The zero-order chi connectivity index (χ0) is 17.8. The first-order valence-corrected chi connectivity index (χ1v) is 8.89. The van der Waals surface area contributed by atoms with Crippen molar-refractivity contribution in [1.82, 2.24) is 20.0 Å². The molecule has 3 heterocycles. The highest BCUT2D eigenvalue weighted by atomic mass is 16.5. The molecule has 3 rings (SSSR count). The molecule has 2 unspecified atom stereocenters. The third-order valence-corrected chi connectivity index (χ3v) is 5.03. The number of nitrogens with zero attached hydrogens (tertiary/aromatic N) is 4. The highest BCUT2D eigenvalue weighted by molar-refractivity contribution is 5.82. The van der Waals surface area contributed by atoms with Crippen molar-refractivity contribution in [1.29, 1.82) is 0 Å².